The summed E-state index contributed by atoms with van der Waals surface area (Å²) < 4.78 is 17.1. The van der Waals surface area contributed by atoms with Crippen LogP contribution < -0.4 is 14.8 Å². The first-order chi connectivity index (χ1) is 18.7. The van der Waals surface area contributed by atoms with Gasteiger partial charge < -0.3 is 19.5 Å². The fourth-order valence-electron chi connectivity index (χ4n) is 4.31. The van der Waals surface area contributed by atoms with Crippen molar-refractivity contribution < 1.29 is 23.8 Å². The van der Waals surface area contributed by atoms with Crippen LogP contribution in [0.3, 0.4) is 0 Å². The van der Waals surface area contributed by atoms with Gasteiger partial charge in [0.05, 0.1) is 18.8 Å². The Bertz CT molecular complexity index is 1250. The largest absolute Gasteiger partial charge is 0.493 e. The Hall–Kier alpha value is -3.80. The van der Waals surface area contributed by atoms with Crippen LogP contribution in [0.25, 0.3) is 0 Å². The lowest BCUT2D eigenvalue weighted by atomic mass is 10.0. The normalized spacial score (nSPS) is 11.7. The molecule has 0 aliphatic heterocycles. The first-order valence-electron chi connectivity index (χ1n) is 13.7. The van der Waals surface area contributed by atoms with Gasteiger partial charge in [-0.05, 0) is 93.0 Å². The average Bonchev–Trinajstić information content (AvgIpc) is 2.90. The SMILES string of the molecule is CCOC(=O)CCCOc1ccccc1C(=O)Nc1cc(C)c(OC(C)c2ccc(CC(C)C)cc2)cc1C. The van der Waals surface area contributed by atoms with Gasteiger partial charge in [0.2, 0.25) is 0 Å². The van der Waals surface area contributed by atoms with Crippen molar-refractivity contribution in [1.29, 1.82) is 0 Å². The second kappa shape index (κ2) is 14.4. The molecular weight excluding hydrogens is 490 g/mol. The average molecular weight is 532 g/mol. The molecule has 6 heteroatoms. The lowest BCUT2D eigenvalue weighted by Crippen LogP contribution is -2.15. The molecular formula is C33H41NO5. The van der Waals surface area contributed by atoms with Gasteiger partial charge in [-0.15, -0.1) is 0 Å². The molecule has 1 unspecified atom stereocenters. The van der Waals surface area contributed by atoms with Gasteiger partial charge in [-0.3, -0.25) is 9.59 Å². The molecule has 0 aliphatic rings. The van der Waals surface area contributed by atoms with Crippen LogP contribution in [-0.4, -0.2) is 25.1 Å². The van der Waals surface area contributed by atoms with E-state index in [1.165, 1.54) is 5.56 Å². The Balaban J connectivity index is 1.64. The summed E-state index contributed by atoms with van der Waals surface area (Å²) in [4.78, 5) is 24.7. The number of esters is 1. The van der Waals surface area contributed by atoms with E-state index in [2.05, 4.69) is 43.4 Å². The molecule has 1 amide bonds. The smallest absolute Gasteiger partial charge is 0.305 e. The van der Waals surface area contributed by atoms with Crippen molar-refractivity contribution in [3.63, 3.8) is 0 Å². The maximum atomic E-state index is 13.2. The zero-order valence-electron chi connectivity index (χ0n) is 24.0. The molecule has 0 spiro atoms. The van der Waals surface area contributed by atoms with Crippen LogP contribution in [0.4, 0.5) is 5.69 Å². The minimum Gasteiger partial charge on any atom is -0.493 e. The summed E-state index contributed by atoms with van der Waals surface area (Å²) in [5.74, 6) is 1.37. The number of carbonyl (C=O) groups is 2. The number of rotatable bonds is 13. The third kappa shape index (κ3) is 8.88. The summed E-state index contributed by atoms with van der Waals surface area (Å²) in [5.41, 5.74) is 5.43. The molecule has 1 N–H and O–H groups in total. The molecule has 0 heterocycles. The highest BCUT2D eigenvalue weighted by atomic mass is 16.5. The summed E-state index contributed by atoms with van der Waals surface area (Å²) in [6.45, 7) is 12.9. The van der Waals surface area contributed by atoms with Gasteiger partial charge in [-0.1, -0.05) is 50.2 Å². The van der Waals surface area contributed by atoms with Gasteiger partial charge in [0.1, 0.15) is 17.6 Å². The van der Waals surface area contributed by atoms with Crippen LogP contribution in [0.2, 0.25) is 0 Å². The zero-order chi connectivity index (χ0) is 28.4. The van der Waals surface area contributed by atoms with E-state index in [4.69, 9.17) is 14.2 Å². The maximum Gasteiger partial charge on any atom is 0.305 e. The van der Waals surface area contributed by atoms with E-state index in [1.807, 2.05) is 39.0 Å². The Labute approximate surface area is 232 Å². The third-order valence-corrected chi connectivity index (χ3v) is 6.39. The minimum atomic E-state index is -0.262. The fourth-order valence-corrected chi connectivity index (χ4v) is 4.31. The van der Waals surface area contributed by atoms with E-state index in [9.17, 15) is 9.59 Å². The lowest BCUT2D eigenvalue weighted by Gasteiger charge is -2.19. The number of hydrogen-bond acceptors (Lipinski definition) is 5. The van der Waals surface area contributed by atoms with Gasteiger partial charge >= 0.3 is 5.97 Å². The highest BCUT2D eigenvalue weighted by Gasteiger charge is 2.16. The molecule has 3 aromatic rings. The Kier molecular flexibility index (Phi) is 11.0. The summed E-state index contributed by atoms with van der Waals surface area (Å²) in [6.07, 6.45) is 1.74. The molecule has 0 radical (unpaired) electrons. The van der Waals surface area contributed by atoms with E-state index in [0.29, 0.717) is 42.6 Å². The molecule has 0 aliphatic carbocycles. The number of ether oxygens (including phenoxy) is 3. The van der Waals surface area contributed by atoms with Crippen molar-refractivity contribution in [2.45, 2.75) is 66.9 Å². The minimum absolute atomic E-state index is 0.107. The van der Waals surface area contributed by atoms with Crippen LogP contribution in [0.15, 0.2) is 60.7 Å². The Morgan fingerprint density at radius 3 is 2.31 bits per heavy atom. The van der Waals surface area contributed by atoms with E-state index in [-0.39, 0.29) is 24.4 Å². The number of benzene rings is 3. The number of hydrogen-bond donors (Lipinski definition) is 1. The molecule has 39 heavy (non-hydrogen) atoms. The first kappa shape index (κ1) is 29.8. The van der Waals surface area contributed by atoms with Crippen molar-refractivity contribution in [3.05, 3.63) is 88.5 Å². The highest BCUT2D eigenvalue weighted by Crippen LogP contribution is 2.31. The van der Waals surface area contributed by atoms with Crippen molar-refractivity contribution in [2.24, 2.45) is 5.92 Å². The van der Waals surface area contributed by atoms with Gasteiger partial charge in [-0.25, -0.2) is 0 Å². The number of carbonyl (C=O) groups excluding carboxylic acids is 2. The van der Waals surface area contributed by atoms with Crippen molar-refractivity contribution in [1.82, 2.24) is 0 Å². The van der Waals surface area contributed by atoms with Crippen LogP contribution in [-0.2, 0) is 16.0 Å². The Morgan fingerprint density at radius 2 is 1.62 bits per heavy atom. The molecule has 0 fully saturated rings. The van der Waals surface area contributed by atoms with Gasteiger partial charge in [0.25, 0.3) is 5.91 Å². The van der Waals surface area contributed by atoms with Crippen molar-refractivity contribution in [3.8, 4) is 11.5 Å². The topological polar surface area (TPSA) is 73.9 Å². The predicted octanol–water partition coefficient (Wildman–Crippen LogP) is 7.62. The molecule has 0 aromatic heterocycles. The molecule has 3 aromatic carbocycles. The van der Waals surface area contributed by atoms with Gasteiger partial charge in [-0.2, -0.15) is 0 Å². The van der Waals surface area contributed by atoms with Crippen LogP contribution in [0.1, 0.15) is 79.3 Å². The highest BCUT2D eigenvalue weighted by molar-refractivity contribution is 6.06. The van der Waals surface area contributed by atoms with E-state index in [0.717, 1.165) is 28.9 Å². The maximum absolute atomic E-state index is 13.2. The summed E-state index contributed by atoms with van der Waals surface area (Å²) in [5, 5.41) is 3.02. The van der Waals surface area contributed by atoms with Gasteiger partial charge in [0.15, 0.2) is 0 Å². The van der Waals surface area contributed by atoms with E-state index < -0.39 is 0 Å². The molecule has 208 valence electrons. The van der Waals surface area contributed by atoms with Crippen molar-refractivity contribution >= 4 is 17.6 Å². The number of aryl methyl sites for hydroxylation is 2. The molecule has 6 nitrogen and oxygen atoms in total. The zero-order valence-corrected chi connectivity index (χ0v) is 24.0. The second-order valence-corrected chi connectivity index (χ2v) is 10.2. The fraction of sp³-hybridized carbons (Fsp3) is 0.394. The molecule has 3 rings (SSSR count). The second-order valence-electron chi connectivity index (χ2n) is 10.2. The standard InChI is InChI=1S/C33H41NO5/c1-7-37-32(35)13-10-18-38-30-12-9-8-11-28(30)33(36)34-29-20-24(5)31(21-23(29)4)39-25(6)27-16-14-26(15-17-27)19-22(2)3/h8-9,11-12,14-17,20-22,25H,7,10,13,18-19H2,1-6H3,(H,34,36). The van der Waals surface area contributed by atoms with Crippen molar-refractivity contribution in [2.75, 3.05) is 18.5 Å². The van der Waals surface area contributed by atoms with E-state index in [1.54, 1.807) is 25.1 Å². The predicted molar refractivity (Wildman–Crippen MR) is 156 cm³/mol. The summed E-state index contributed by atoms with van der Waals surface area (Å²) >= 11 is 0. The lowest BCUT2D eigenvalue weighted by molar-refractivity contribution is -0.143. The Morgan fingerprint density at radius 1 is 0.897 bits per heavy atom. The molecule has 1 atom stereocenters. The van der Waals surface area contributed by atoms with E-state index >= 15 is 0 Å². The first-order valence-corrected chi connectivity index (χ1v) is 13.7. The summed E-state index contributed by atoms with van der Waals surface area (Å²) in [6, 6.07) is 19.6. The monoisotopic (exact) mass is 531 g/mol. The number of anilines is 1. The van der Waals surface area contributed by atoms with Crippen LogP contribution >= 0.6 is 0 Å². The molecule has 0 saturated heterocycles. The molecule has 0 bridgehead atoms. The third-order valence-electron chi connectivity index (χ3n) is 6.39. The number of para-hydroxylation sites is 1. The summed E-state index contributed by atoms with van der Waals surface area (Å²) in [7, 11) is 0. The number of amides is 1. The van der Waals surface area contributed by atoms with Gasteiger partial charge in [0, 0.05) is 12.1 Å². The van der Waals surface area contributed by atoms with Crippen LogP contribution in [0, 0.1) is 19.8 Å². The molecule has 0 saturated carbocycles. The van der Waals surface area contributed by atoms with Crippen LogP contribution in [0.5, 0.6) is 11.5 Å². The number of nitrogens with one attached hydrogen (secondary N) is 1. The quantitative estimate of drug-likeness (QED) is 0.181.